The van der Waals surface area contributed by atoms with Gasteiger partial charge in [0.2, 0.25) is 0 Å². The van der Waals surface area contributed by atoms with Gasteiger partial charge in [0, 0.05) is 15.2 Å². The quantitative estimate of drug-likeness (QED) is 0.783. The summed E-state index contributed by atoms with van der Waals surface area (Å²) in [6, 6.07) is 7.65. The van der Waals surface area contributed by atoms with Crippen molar-refractivity contribution in [3.8, 4) is 0 Å². The number of hydrogen-bond donors (Lipinski definition) is 2. The SMILES string of the molecule is Cc1c(Cl)cccc1NC(=O)c1cc(N)c(F)cc1Br. The van der Waals surface area contributed by atoms with Crippen LogP contribution in [0.3, 0.4) is 0 Å². The maximum Gasteiger partial charge on any atom is 0.256 e. The number of carbonyl (C=O) groups excluding carboxylic acids is 1. The van der Waals surface area contributed by atoms with Crippen LogP contribution in [0.15, 0.2) is 34.8 Å². The van der Waals surface area contributed by atoms with E-state index in [4.69, 9.17) is 17.3 Å². The summed E-state index contributed by atoms with van der Waals surface area (Å²) < 4.78 is 13.6. The standard InChI is InChI=1S/C14H11BrClFN2O/c1-7-10(16)3-2-4-13(7)19-14(20)8-5-12(18)11(17)6-9(8)15/h2-6H,18H2,1H3,(H,19,20). The molecule has 0 fully saturated rings. The second-order valence-electron chi connectivity index (χ2n) is 4.22. The summed E-state index contributed by atoms with van der Waals surface area (Å²) >= 11 is 9.14. The summed E-state index contributed by atoms with van der Waals surface area (Å²) in [6.45, 7) is 1.80. The molecule has 0 spiro atoms. The highest BCUT2D eigenvalue weighted by molar-refractivity contribution is 9.10. The molecule has 6 heteroatoms. The molecule has 0 radical (unpaired) electrons. The van der Waals surface area contributed by atoms with Gasteiger partial charge in [-0.1, -0.05) is 17.7 Å². The molecule has 0 aliphatic carbocycles. The van der Waals surface area contributed by atoms with Crippen molar-refractivity contribution in [1.82, 2.24) is 0 Å². The monoisotopic (exact) mass is 356 g/mol. The lowest BCUT2D eigenvalue weighted by molar-refractivity contribution is 0.102. The van der Waals surface area contributed by atoms with E-state index in [9.17, 15) is 9.18 Å². The zero-order valence-corrected chi connectivity index (χ0v) is 12.8. The Morgan fingerprint density at radius 3 is 2.80 bits per heavy atom. The summed E-state index contributed by atoms with van der Waals surface area (Å²) in [6.07, 6.45) is 0. The maximum atomic E-state index is 13.3. The molecule has 0 saturated heterocycles. The first-order chi connectivity index (χ1) is 9.40. The zero-order valence-electron chi connectivity index (χ0n) is 10.5. The molecule has 2 rings (SSSR count). The van der Waals surface area contributed by atoms with Crippen LogP contribution in [-0.2, 0) is 0 Å². The van der Waals surface area contributed by atoms with Gasteiger partial charge in [-0.25, -0.2) is 4.39 Å². The summed E-state index contributed by atoms with van der Waals surface area (Å²) in [5.41, 5.74) is 7.00. The lowest BCUT2D eigenvalue weighted by Gasteiger charge is -2.11. The van der Waals surface area contributed by atoms with E-state index >= 15 is 0 Å². The van der Waals surface area contributed by atoms with E-state index in [0.717, 1.165) is 11.6 Å². The van der Waals surface area contributed by atoms with Crippen molar-refractivity contribution in [3.05, 3.63) is 56.8 Å². The second kappa shape index (κ2) is 5.81. The third-order valence-corrected chi connectivity index (χ3v) is 3.91. The van der Waals surface area contributed by atoms with Gasteiger partial charge < -0.3 is 11.1 Å². The Morgan fingerprint density at radius 1 is 1.40 bits per heavy atom. The lowest BCUT2D eigenvalue weighted by Crippen LogP contribution is -2.14. The van der Waals surface area contributed by atoms with Crippen molar-refractivity contribution in [2.45, 2.75) is 6.92 Å². The molecular weight excluding hydrogens is 347 g/mol. The lowest BCUT2D eigenvalue weighted by atomic mass is 10.1. The van der Waals surface area contributed by atoms with Crippen molar-refractivity contribution < 1.29 is 9.18 Å². The fraction of sp³-hybridized carbons (Fsp3) is 0.0714. The van der Waals surface area contributed by atoms with E-state index < -0.39 is 11.7 Å². The average Bonchev–Trinajstić information content (AvgIpc) is 2.39. The van der Waals surface area contributed by atoms with Gasteiger partial charge in [0.25, 0.3) is 5.91 Å². The average molecular weight is 358 g/mol. The third kappa shape index (κ3) is 2.94. The number of halogens is 3. The van der Waals surface area contributed by atoms with Crippen LogP contribution < -0.4 is 11.1 Å². The van der Waals surface area contributed by atoms with Crippen molar-refractivity contribution in [3.63, 3.8) is 0 Å². The number of nitrogen functional groups attached to an aromatic ring is 1. The molecule has 0 aliphatic rings. The largest absolute Gasteiger partial charge is 0.396 e. The Bertz CT molecular complexity index is 691. The van der Waals surface area contributed by atoms with Crippen LogP contribution >= 0.6 is 27.5 Å². The van der Waals surface area contributed by atoms with Crippen LogP contribution in [-0.4, -0.2) is 5.91 Å². The first kappa shape index (κ1) is 14.8. The van der Waals surface area contributed by atoms with Gasteiger partial charge in [-0.2, -0.15) is 0 Å². The Balaban J connectivity index is 2.33. The molecule has 0 heterocycles. The molecule has 0 bridgehead atoms. The number of hydrogen-bond acceptors (Lipinski definition) is 2. The minimum Gasteiger partial charge on any atom is -0.396 e. The molecule has 2 aromatic carbocycles. The molecule has 3 nitrogen and oxygen atoms in total. The molecule has 0 aromatic heterocycles. The second-order valence-corrected chi connectivity index (χ2v) is 5.48. The topological polar surface area (TPSA) is 55.1 Å². The Kier molecular flexibility index (Phi) is 4.30. The van der Waals surface area contributed by atoms with Gasteiger partial charge in [-0.05, 0) is 52.7 Å². The Morgan fingerprint density at radius 2 is 2.10 bits per heavy atom. The molecule has 20 heavy (non-hydrogen) atoms. The highest BCUT2D eigenvalue weighted by atomic mass is 79.9. The number of rotatable bonds is 2. The molecule has 0 saturated carbocycles. The molecule has 3 N–H and O–H groups in total. The van der Waals surface area contributed by atoms with E-state index in [1.807, 2.05) is 0 Å². The molecule has 0 aliphatic heterocycles. The van der Waals surface area contributed by atoms with Crippen molar-refractivity contribution in [2.75, 3.05) is 11.1 Å². The fourth-order valence-corrected chi connectivity index (χ4v) is 2.34. The maximum absolute atomic E-state index is 13.3. The smallest absolute Gasteiger partial charge is 0.256 e. The van der Waals surface area contributed by atoms with E-state index in [-0.39, 0.29) is 11.3 Å². The van der Waals surface area contributed by atoms with Crippen LogP contribution in [0.4, 0.5) is 15.8 Å². The van der Waals surface area contributed by atoms with E-state index in [1.54, 1.807) is 25.1 Å². The van der Waals surface area contributed by atoms with Gasteiger partial charge >= 0.3 is 0 Å². The molecule has 104 valence electrons. The van der Waals surface area contributed by atoms with E-state index in [1.165, 1.54) is 6.07 Å². The number of carbonyl (C=O) groups is 1. The number of nitrogens with two attached hydrogens (primary N) is 1. The number of amides is 1. The number of anilines is 2. The molecule has 2 aromatic rings. The van der Waals surface area contributed by atoms with Crippen LogP contribution in [0, 0.1) is 12.7 Å². The van der Waals surface area contributed by atoms with E-state index in [2.05, 4.69) is 21.2 Å². The van der Waals surface area contributed by atoms with Crippen LogP contribution in [0.2, 0.25) is 5.02 Å². The minimum atomic E-state index is -0.577. The first-order valence-electron chi connectivity index (χ1n) is 5.71. The van der Waals surface area contributed by atoms with E-state index in [0.29, 0.717) is 15.2 Å². The third-order valence-electron chi connectivity index (χ3n) is 2.85. The van der Waals surface area contributed by atoms with Crippen LogP contribution in [0.25, 0.3) is 0 Å². The van der Waals surface area contributed by atoms with Gasteiger partial charge in [0.15, 0.2) is 0 Å². The predicted molar refractivity (Wildman–Crippen MR) is 82.7 cm³/mol. The van der Waals surface area contributed by atoms with Gasteiger partial charge in [-0.15, -0.1) is 0 Å². The molecular formula is C14H11BrClFN2O. The highest BCUT2D eigenvalue weighted by Gasteiger charge is 2.14. The van der Waals surface area contributed by atoms with Crippen molar-refractivity contribution in [2.24, 2.45) is 0 Å². The fourth-order valence-electron chi connectivity index (χ4n) is 1.67. The first-order valence-corrected chi connectivity index (χ1v) is 6.88. The zero-order chi connectivity index (χ0) is 14.9. The predicted octanol–water partition coefficient (Wildman–Crippen LogP) is 4.38. The summed E-state index contributed by atoms with van der Waals surface area (Å²) in [7, 11) is 0. The number of nitrogens with one attached hydrogen (secondary N) is 1. The van der Waals surface area contributed by atoms with Crippen molar-refractivity contribution >= 4 is 44.8 Å². The molecule has 0 atom stereocenters. The number of benzene rings is 2. The van der Waals surface area contributed by atoms with Gasteiger partial charge in [-0.3, -0.25) is 4.79 Å². The summed E-state index contributed by atoms with van der Waals surface area (Å²) in [4.78, 5) is 12.2. The highest BCUT2D eigenvalue weighted by Crippen LogP contribution is 2.26. The van der Waals surface area contributed by atoms with Crippen LogP contribution in [0.5, 0.6) is 0 Å². The Labute approximate surface area is 129 Å². The molecule has 0 unspecified atom stereocenters. The van der Waals surface area contributed by atoms with Gasteiger partial charge in [0.1, 0.15) is 5.82 Å². The minimum absolute atomic E-state index is 0.0823. The molecule has 1 amide bonds. The van der Waals surface area contributed by atoms with Crippen molar-refractivity contribution in [1.29, 1.82) is 0 Å². The Hall–Kier alpha value is -1.59. The van der Waals surface area contributed by atoms with Crippen LogP contribution in [0.1, 0.15) is 15.9 Å². The van der Waals surface area contributed by atoms with Gasteiger partial charge in [0.05, 0.1) is 11.3 Å². The summed E-state index contributed by atoms with van der Waals surface area (Å²) in [5, 5.41) is 3.28. The summed E-state index contributed by atoms with van der Waals surface area (Å²) in [5.74, 6) is -0.971. The normalized spacial score (nSPS) is 10.4.